The smallest absolute Gasteiger partial charge is 0.134 e. The molecule has 1 aromatic carbocycles. The summed E-state index contributed by atoms with van der Waals surface area (Å²) in [5.41, 5.74) is 0. The van der Waals surface area contributed by atoms with Gasteiger partial charge in [0.15, 0.2) is 0 Å². The predicted molar refractivity (Wildman–Crippen MR) is 101 cm³/mol. The molecule has 0 saturated carbocycles. The third kappa shape index (κ3) is 8.42. The molecule has 4 heteroatoms. The second-order valence-corrected chi connectivity index (χ2v) is 7.47. The molecular formula is C18H28Br2O2. The molecule has 0 aromatic heterocycles. The fourth-order valence-corrected chi connectivity index (χ4v) is 3.17. The van der Waals surface area contributed by atoms with Crippen molar-refractivity contribution in [1.82, 2.24) is 0 Å². The van der Waals surface area contributed by atoms with Crippen molar-refractivity contribution >= 4 is 31.9 Å². The Kier molecular flexibility index (Phi) is 11.0. The maximum Gasteiger partial charge on any atom is 0.134 e. The molecule has 0 bridgehead atoms. The van der Waals surface area contributed by atoms with Gasteiger partial charge in [-0.05, 0) is 50.4 Å². The van der Waals surface area contributed by atoms with E-state index in [-0.39, 0.29) is 5.75 Å². The van der Waals surface area contributed by atoms with Gasteiger partial charge in [0.1, 0.15) is 11.5 Å². The van der Waals surface area contributed by atoms with E-state index in [1.54, 1.807) is 12.1 Å². The highest BCUT2D eigenvalue weighted by atomic mass is 79.9. The molecule has 0 atom stereocenters. The van der Waals surface area contributed by atoms with Gasteiger partial charge in [0.05, 0.1) is 15.6 Å². The van der Waals surface area contributed by atoms with Crippen molar-refractivity contribution in [2.24, 2.45) is 0 Å². The molecule has 1 aromatic rings. The highest BCUT2D eigenvalue weighted by Gasteiger charge is 2.06. The predicted octanol–water partition coefficient (Wildman–Crippen LogP) is 7.22. The largest absolute Gasteiger partial charge is 0.507 e. The Balaban J connectivity index is 2.01. The Morgan fingerprint density at radius 3 is 1.95 bits per heavy atom. The third-order valence-electron chi connectivity index (χ3n) is 3.76. The van der Waals surface area contributed by atoms with Gasteiger partial charge >= 0.3 is 0 Å². The van der Waals surface area contributed by atoms with Gasteiger partial charge in [-0.1, -0.05) is 64.7 Å². The molecule has 0 amide bonds. The summed E-state index contributed by atoms with van der Waals surface area (Å²) >= 11 is 6.71. The normalized spacial score (nSPS) is 10.9. The topological polar surface area (TPSA) is 29.5 Å². The van der Waals surface area contributed by atoms with Crippen molar-refractivity contribution in [2.75, 3.05) is 6.61 Å². The van der Waals surface area contributed by atoms with E-state index in [1.165, 1.54) is 57.8 Å². The number of aromatic hydroxyl groups is 1. The van der Waals surface area contributed by atoms with Gasteiger partial charge in [0.25, 0.3) is 0 Å². The van der Waals surface area contributed by atoms with Crippen LogP contribution in [-0.2, 0) is 0 Å². The molecule has 0 unspecified atom stereocenters. The van der Waals surface area contributed by atoms with Crippen LogP contribution in [0.4, 0.5) is 0 Å². The van der Waals surface area contributed by atoms with Crippen molar-refractivity contribution in [3.63, 3.8) is 0 Å². The molecular weight excluding hydrogens is 408 g/mol. The lowest BCUT2D eigenvalue weighted by molar-refractivity contribution is 0.301. The van der Waals surface area contributed by atoms with Crippen LogP contribution >= 0.6 is 31.9 Å². The summed E-state index contributed by atoms with van der Waals surface area (Å²) in [5, 5.41) is 9.55. The summed E-state index contributed by atoms with van der Waals surface area (Å²) in [6, 6.07) is 3.45. The Labute approximate surface area is 151 Å². The average Bonchev–Trinajstić information content (AvgIpc) is 2.49. The van der Waals surface area contributed by atoms with E-state index in [1.807, 2.05) is 0 Å². The van der Waals surface area contributed by atoms with E-state index in [9.17, 15) is 5.11 Å². The lowest BCUT2D eigenvalue weighted by atomic mass is 10.1. The van der Waals surface area contributed by atoms with Crippen LogP contribution in [0.25, 0.3) is 0 Å². The zero-order valence-electron chi connectivity index (χ0n) is 13.5. The molecule has 0 aliphatic heterocycles. The first-order chi connectivity index (χ1) is 10.6. The van der Waals surface area contributed by atoms with Crippen LogP contribution in [0.2, 0.25) is 0 Å². The molecule has 1 rings (SSSR count). The lowest BCUT2D eigenvalue weighted by Gasteiger charge is -2.09. The Hall–Kier alpha value is -0.220. The molecule has 0 saturated heterocycles. The summed E-state index contributed by atoms with van der Waals surface area (Å²) in [7, 11) is 0. The van der Waals surface area contributed by atoms with Gasteiger partial charge in [-0.3, -0.25) is 0 Å². The molecule has 0 aliphatic rings. The van der Waals surface area contributed by atoms with Gasteiger partial charge in [-0.25, -0.2) is 0 Å². The van der Waals surface area contributed by atoms with Crippen LogP contribution < -0.4 is 4.74 Å². The number of rotatable bonds is 12. The molecule has 0 radical (unpaired) electrons. The van der Waals surface area contributed by atoms with Crippen molar-refractivity contribution < 1.29 is 9.84 Å². The summed E-state index contributed by atoms with van der Waals surface area (Å²) < 4.78 is 7.21. The molecule has 0 aliphatic carbocycles. The maximum absolute atomic E-state index is 9.55. The number of benzene rings is 1. The first-order valence-corrected chi connectivity index (χ1v) is 10.0. The van der Waals surface area contributed by atoms with Crippen LogP contribution in [0.5, 0.6) is 11.5 Å². The molecule has 2 nitrogen and oxygen atoms in total. The minimum Gasteiger partial charge on any atom is -0.507 e. The monoisotopic (exact) mass is 434 g/mol. The molecule has 0 spiro atoms. The zero-order chi connectivity index (χ0) is 16.2. The Morgan fingerprint density at radius 1 is 0.818 bits per heavy atom. The number of halogens is 2. The van der Waals surface area contributed by atoms with Crippen LogP contribution in [-0.4, -0.2) is 11.7 Å². The molecule has 0 fully saturated rings. The number of phenols is 1. The fourth-order valence-electron chi connectivity index (χ4n) is 2.40. The van der Waals surface area contributed by atoms with E-state index in [0.29, 0.717) is 4.47 Å². The zero-order valence-corrected chi connectivity index (χ0v) is 16.7. The maximum atomic E-state index is 9.55. The molecule has 126 valence electrons. The molecule has 0 heterocycles. The quantitative estimate of drug-likeness (QED) is 0.351. The minimum atomic E-state index is 0.221. The van der Waals surface area contributed by atoms with Crippen LogP contribution in [0.1, 0.15) is 71.1 Å². The van der Waals surface area contributed by atoms with Gasteiger partial charge < -0.3 is 9.84 Å². The molecule has 22 heavy (non-hydrogen) atoms. The second-order valence-electron chi connectivity index (χ2n) is 5.76. The summed E-state index contributed by atoms with van der Waals surface area (Å²) in [6.45, 7) is 2.99. The number of hydrogen-bond donors (Lipinski definition) is 1. The first kappa shape index (κ1) is 19.8. The minimum absolute atomic E-state index is 0.221. The third-order valence-corrected chi connectivity index (χ3v) is 5.01. The van der Waals surface area contributed by atoms with Gasteiger partial charge in [0, 0.05) is 0 Å². The number of phenolic OH excluding ortho intramolecular Hbond substituents is 1. The Bertz CT molecular complexity index is 422. The van der Waals surface area contributed by atoms with Crippen LogP contribution in [0.15, 0.2) is 21.1 Å². The number of hydrogen-bond acceptors (Lipinski definition) is 2. The van der Waals surface area contributed by atoms with E-state index in [0.717, 1.165) is 23.2 Å². The highest BCUT2D eigenvalue weighted by molar-refractivity contribution is 9.11. The van der Waals surface area contributed by atoms with Gasteiger partial charge in [-0.2, -0.15) is 0 Å². The summed E-state index contributed by atoms with van der Waals surface area (Å²) in [6.07, 6.45) is 13.3. The van der Waals surface area contributed by atoms with E-state index >= 15 is 0 Å². The van der Waals surface area contributed by atoms with E-state index in [2.05, 4.69) is 38.8 Å². The Morgan fingerprint density at radius 2 is 1.36 bits per heavy atom. The standard InChI is InChI=1S/C18H28Br2O2/c1-2-3-4-5-6-7-8-9-10-11-12-22-18-14-15(19)17(21)13-16(18)20/h13-14,21H,2-12H2,1H3. The van der Waals surface area contributed by atoms with Gasteiger partial charge in [0.2, 0.25) is 0 Å². The number of ether oxygens (including phenoxy) is 1. The van der Waals surface area contributed by atoms with Crippen molar-refractivity contribution in [2.45, 2.75) is 71.1 Å². The number of unbranched alkanes of at least 4 members (excludes halogenated alkanes) is 9. The fraction of sp³-hybridized carbons (Fsp3) is 0.667. The van der Waals surface area contributed by atoms with Crippen LogP contribution in [0.3, 0.4) is 0 Å². The molecule has 1 N–H and O–H groups in total. The van der Waals surface area contributed by atoms with E-state index in [4.69, 9.17) is 4.74 Å². The second kappa shape index (κ2) is 12.2. The summed E-state index contributed by atoms with van der Waals surface area (Å²) in [4.78, 5) is 0. The summed E-state index contributed by atoms with van der Waals surface area (Å²) in [5.74, 6) is 0.999. The SMILES string of the molecule is CCCCCCCCCCCCOc1cc(Br)c(O)cc1Br. The first-order valence-electron chi connectivity index (χ1n) is 8.46. The van der Waals surface area contributed by atoms with Crippen molar-refractivity contribution in [3.8, 4) is 11.5 Å². The van der Waals surface area contributed by atoms with Crippen molar-refractivity contribution in [1.29, 1.82) is 0 Å². The van der Waals surface area contributed by atoms with Crippen molar-refractivity contribution in [3.05, 3.63) is 21.1 Å². The average molecular weight is 436 g/mol. The highest BCUT2D eigenvalue weighted by Crippen LogP contribution is 2.35. The van der Waals surface area contributed by atoms with Crippen LogP contribution in [0, 0.1) is 0 Å². The lowest BCUT2D eigenvalue weighted by Crippen LogP contribution is -1.98. The van der Waals surface area contributed by atoms with Gasteiger partial charge in [-0.15, -0.1) is 0 Å². The van der Waals surface area contributed by atoms with E-state index < -0.39 is 0 Å².